The Labute approximate surface area is 123 Å². The predicted molar refractivity (Wildman–Crippen MR) is 74.4 cm³/mol. The molecule has 0 bridgehead atoms. The molecule has 1 amide bonds. The van der Waals surface area contributed by atoms with Crippen molar-refractivity contribution in [3.63, 3.8) is 0 Å². The third-order valence-corrected chi connectivity index (χ3v) is 3.67. The minimum Gasteiger partial charge on any atom is -0.506 e. The number of anilines is 1. The zero-order chi connectivity index (χ0) is 14.0. The van der Waals surface area contributed by atoms with Crippen LogP contribution in [-0.4, -0.2) is 35.4 Å². The first-order valence-electron chi connectivity index (χ1n) is 5.71. The zero-order valence-corrected chi connectivity index (χ0v) is 12.2. The summed E-state index contributed by atoms with van der Waals surface area (Å²) in [4.78, 5) is 11.8. The van der Waals surface area contributed by atoms with Gasteiger partial charge in [-0.2, -0.15) is 0 Å². The number of aromatic hydroxyl groups is 1. The van der Waals surface area contributed by atoms with Gasteiger partial charge in [-0.1, -0.05) is 27.5 Å². The minimum atomic E-state index is -0.625. The van der Waals surface area contributed by atoms with Gasteiger partial charge in [0.05, 0.1) is 24.3 Å². The molecular weight excluding hydrogens is 337 g/mol. The summed E-state index contributed by atoms with van der Waals surface area (Å²) in [6.07, 6.45) is -0.507. The first-order chi connectivity index (χ1) is 8.97. The van der Waals surface area contributed by atoms with Gasteiger partial charge in [0.1, 0.15) is 11.4 Å². The summed E-state index contributed by atoms with van der Waals surface area (Å²) < 4.78 is 5.69. The number of hydrogen-bond acceptors (Lipinski definition) is 4. The first-order valence-corrected chi connectivity index (χ1v) is 6.88. The molecule has 0 spiro atoms. The number of rotatable bonds is 3. The number of amides is 1. The van der Waals surface area contributed by atoms with Crippen LogP contribution < -0.4 is 5.32 Å². The molecule has 1 aromatic carbocycles. The molecule has 0 radical (unpaired) electrons. The topological polar surface area (TPSA) is 78.8 Å². The number of halogens is 2. The Morgan fingerprint density at radius 3 is 2.84 bits per heavy atom. The van der Waals surface area contributed by atoms with Crippen molar-refractivity contribution < 1.29 is 19.7 Å². The highest BCUT2D eigenvalue weighted by atomic mass is 79.9. The van der Waals surface area contributed by atoms with Gasteiger partial charge >= 0.3 is 0 Å². The maximum Gasteiger partial charge on any atom is 0.224 e. The van der Waals surface area contributed by atoms with Gasteiger partial charge in [0.2, 0.25) is 5.91 Å². The maximum absolute atomic E-state index is 11.8. The number of aliphatic hydroxyl groups excluding tert-OH is 1. The molecule has 2 rings (SSSR count). The van der Waals surface area contributed by atoms with Crippen molar-refractivity contribution in [3.05, 3.63) is 21.6 Å². The summed E-state index contributed by atoms with van der Waals surface area (Å²) in [5, 5.41) is 22.1. The highest BCUT2D eigenvalue weighted by Gasteiger charge is 2.28. The number of phenolic OH excluding ortho intramolecular Hbond substituents is 1. The number of ether oxygens (including phenoxy) is 1. The second-order valence-corrected chi connectivity index (χ2v) is 5.72. The van der Waals surface area contributed by atoms with Gasteiger partial charge in [-0.05, 0) is 12.1 Å². The van der Waals surface area contributed by atoms with Crippen LogP contribution >= 0.6 is 27.5 Å². The highest BCUT2D eigenvalue weighted by Crippen LogP contribution is 2.35. The number of carbonyl (C=O) groups is 1. The lowest BCUT2D eigenvalue weighted by Gasteiger charge is -2.13. The normalized spacial score (nSPS) is 22.5. The van der Waals surface area contributed by atoms with E-state index in [1.165, 1.54) is 6.07 Å². The number of phenols is 1. The third kappa shape index (κ3) is 3.60. The SMILES string of the molecule is O=C(C[C@@H]1COC[C@H]1O)Nc1c(O)cc(Br)cc1Cl. The van der Waals surface area contributed by atoms with Crippen LogP contribution in [0.15, 0.2) is 16.6 Å². The Morgan fingerprint density at radius 1 is 1.53 bits per heavy atom. The maximum atomic E-state index is 11.8. The second kappa shape index (κ2) is 6.09. The number of hydrogen-bond donors (Lipinski definition) is 3. The van der Waals surface area contributed by atoms with E-state index in [0.717, 1.165) is 0 Å². The molecule has 0 saturated carbocycles. The van der Waals surface area contributed by atoms with Crippen LogP contribution in [0.3, 0.4) is 0 Å². The molecule has 7 heteroatoms. The van der Waals surface area contributed by atoms with Crippen molar-refractivity contribution >= 4 is 39.1 Å². The van der Waals surface area contributed by atoms with E-state index >= 15 is 0 Å². The average Bonchev–Trinajstić information content (AvgIpc) is 2.69. The number of nitrogens with one attached hydrogen (secondary N) is 1. The van der Waals surface area contributed by atoms with Crippen molar-refractivity contribution in [1.82, 2.24) is 0 Å². The molecule has 1 aromatic rings. The molecule has 0 unspecified atom stereocenters. The standard InChI is InChI=1S/C12H13BrClNO4/c13-7-2-8(14)12(9(16)3-7)15-11(18)1-6-4-19-5-10(6)17/h2-3,6,10,16-17H,1,4-5H2,(H,15,18)/t6-,10-/m1/s1. The van der Waals surface area contributed by atoms with Gasteiger partial charge in [-0.25, -0.2) is 0 Å². The third-order valence-electron chi connectivity index (χ3n) is 2.91. The fraction of sp³-hybridized carbons (Fsp3) is 0.417. The van der Waals surface area contributed by atoms with E-state index < -0.39 is 6.10 Å². The lowest BCUT2D eigenvalue weighted by Crippen LogP contribution is -2.24. The number of benzene rings is 1. The molecule has 3 N–H and O–H groups in total. The zero-order valence-electron chi connectivity index (χ0n) is 9.90. The van der Waals surface area contributed by atoms with Gasteiger partial charge in [0.25, 0.3) is 0 Å². The van der Waals surface area contributed by atoms with Crippen molar-refractivity contribution in [3.8, 4) is 5.75 Å². The van der Waals surface area contributed by atoms with Crippen molar-refractivity contribution in [2.75, 3.05) is 18.5 Å². The van der Waals surface area contributed by atoms with Crippen LogP contribution in [0.4, 0.5) is 5.69 Å². The van der Waals surface area contributed by atoms with Gasteiger partial charge in [-0.15, -0.1) is 0 Å². The van der Waals surface area contributed by atoms with E-state index in [1.807, 2.05) is 0 Å². The molecule has 0 aliphatic carbocycles. The Morgan fingerprint density at radius 2 is 2.26 bits per heavy atom. The molecule has 104 valence electrons. The molecule has 19 heavy (non-hydrogen) atoms. The van der Waals surface area contributed by atoms with Gasteiger partial charge in [0, 0.05) is 16.8 Å². The largest absolute Gasteiger partial charge is 0.506 e. The molecule has 1 aliphatic rings. The lowest BCUT2D eigenvalue weighted by molar-refractivity contribution is -0.117. The monoisotopic (exact) mass is 349 g/mol. The van der Waals surface area contributed by atoms with Gasteiger partial charge in [-0.3, -0.25) is 4.79 Å². The smallest absolute Gasteiger partial charge is 0.224 e. The summed E-state index contributed by atoms with van der Waals surface area (Å²) in [7, 11) is 0. The summed E-state index contributed by atoms with van der Waals surface area (Å²) in [6, 6.07) is 3.01. The Kier molecular flexibility index (Phi) is 4.67. The fourth-order valence-electron chi connectivity index (χ4n) is 1.89. The van der Waals surface area contributed by atoms with Crippen LogP contribution in [-0.2, 0) is 9.53 Å². The predicted octanol–water partition coefficient (Wildman–Crippen LogP) is 2.14. The second-order valence-electron chi connectivity index (χ2n) is 4.40. The van der Waals surface area contributed by atoms with E-state index in [4.69, 9.17) is 16.3 Å². The lowest BCUT2D eigenvalue weighted by atomic mass is 10.0. The molecule has 1 aliphatic heterocycles. The number of aliphatic hydroxyl groups is 1. The van der Waals surface area contributed by atoms with Crippen LogP contribution in [0.1, 0.15) is 6.42 Å². The Hall–Kier alpha value is -0.820. The molecule has 1 saturated heterocycles. The summed E-state index contributed by atoms with van der Waals surface area (Å²) >= 11 is 9.13. The van der Waals surface area contributed by atoms with E-state index in [9.17, 15) is 15.0 Å². The van der Waals surface area contributed by atoms with Crippen LogP contribution in [0.25, 0.3) is 0 Å². The molecule has 0 aromatic heterocycles. The summed E-state index contributed by atoms with van der Waals surface area (Å²) in [6.45, 7) is 0.608. The first kappa shape index (κ1) is 14.6. The van der Waals surface area contributed by atoms with E-state index in [1.54, 1.807) is 6.07 Å². The quantitative estimate of drug-likeness (QED) is 0.730. The minimum absolute atomic E-state index is 0.115. The van der Waals surface area contributed by atoms with Crippen LogP contribution in [0.5, 0.6) is 5.75 Å². The number of carbonyl (C=O) groups excluding carboxylic acids is 1. The fourth-order valence-corrected chi connectivity index (χ4v) is 2.73. The summed E-state index contributed by atoms with van der Waals surface area (Å²) in [5.41, 5.74) is 0.170. The highest BCUT2D eigenvalue weighted by molar-refractivity contribution is 9.10. The van der Waals surface area contributed by atoms with E-state index in [2.05, 4.69) is 21.2 Å². The molecule has 5 nitrogen and oxygen atoms in total. The van der Waals surface area contributed by atoms with Crippen LogP contribution in [0.2, 0.25) is 5.02 Å². The van der Waals surface area contributed by atoms with Crippen LogP contribution in [0, 0.1) is 5.92 Å². The van der Waals surface area contributed by atoms with Gasteiger partial charge in [0.15, 0.2) is 0 Å². The Bertz CT molecular complexity index is 474. The van der Waals surface area contributed by atoms with Gasteiger partial charge < -0.3 is 20.3 Å². The summed E-state index contributed by atoms with van der Waals surface area (Å²) in [5.74, 6) is -0.665. The molecule has 2 atom stereocenters. The van der Waals surface area contributed by atoms with Crippen molar-refractivity contribution in [2.45, 2.75) is 12.5 Å². The molecular formula is C12H13BrClNO4. The van der Waals surface area contributed by atoms with E-state index in [0.29, 0.717) is 11.1 Å². The van der Waals surface area contributed by atoms with Crippen molar-refractivity contribution in [2.24, 2.45) is 5.92 Å². The molecule has 1 heterocycles. The molecule has 1 fully saturated rings. The Balaban J connectivity index is 2.03. The van der Waals surface area contributed by atoms with E-state index in [-0.39, 0.29) is 41.3 Å². The van der Waals surface area contributed by atoms with Crippen molar-refractivity contribution in [1.29, 1.82) is 0 Å². The average molecular weight is 351 g/mol.